The quantitative estimate of drug-likeness (QED) is 0.436. The minimum Gasteiger partial charge on any atom is -0.263 e. The fourth-order valence-electron chi connectivity index (χ4n) is 0.181. The maximum atomic E-state index is 8.18. The molecule has 2 N–H and O–H groups in total. The third-order valence-electron chi connectivity index (χ3n) is 0.431. The Labute approximate surface area is 57.2 Å². The van der Waals surface area contributed by atoms with Crippen molar-refractivity contribution < 1.29 is 10.4 Å². The van der Waals surface area contributed by atoms with Crippen LogP contribution in [0.5, 0.6) is 0 Å². The van der Waals surface area contributed by atoms with Gasteiger partial charge in [-0.25, -0.2) is 0 Å². The molecular weight excluding hydrogens is 146 g/mol. The van der Waals surface area contributed by atoms with E-state index in [9.17, 15) is 0 Å². The standard InChI is InChI=1S/C3H7NO2S2/c1-2-8-3(7)4(5)6/h5-6H,2H2,1H3. The predicted octanol–water partition coefficient (Wildman–Crippen LogP) is 1.10. The highest BCUT2D eigenvalue weighted by atomic mass is 32.2. The summed E-state index contributed by atoms with van der Waals surface area (Å²) in [6.45, 7) is 1.88. The molecule has 0 saturated carbocycles. The molecule has 5 heteroatoms. The lowest BCUT2D eigenvalue weighted by atomic mass is 11.0. The van der Waals surface area contributed by atoms with Crippen LogP contribution in [0.2, 0.25) is 0 Å². The summed E-state index contributed by atoms with van der Waals surface area (Å²) in [7, 11) is 0. The number of hydroxylamine groups is 2. The molecule has 0 aromatic heterocycles. The van der Waals surface area contributed by atoms with Crippen LogP contribution in [-0.2, 0) is 0 Å². The van der Waals surface area contributed by atoms with E-state index in [0.717, 1.165) is 5.75 Å². The van der Waals surface area contributed by atoms with Crippen LogP contribution in [0, 0.1) is 0 Å². The van der Waals surface area contributed by atoms with Gasteiger partial charge in [0.1, 0.15) is 0 Å². The fourth-order valence-corrected chi connectivity index (χ4v) is 0.897. The Kier molecular flexibility index (Phi) is 4.16. The molecule has 0 atom stereocenters. The van der Waals surface area contributed by atoms with Gasteiger partial charge in [-0.2, -0.15) is 0 Å². The van der Waals surface area contributed by atoms with Crippen molar-refractivity contribution in [2.24, 2.45) is 0 Å². The Morgan fingerprint density at radius 3 is 2.38 bits per heavy atom. The molecule has 0 amide bonds. The number of thioether (sulfide) groups is 1. The van der Waals surface area contributed by atoms with Gasteiger partial charge in [0, 0.05) is 0 Å². The van der Waals surface area contributed by atoms with E-state index in [4.69, 9.17) is 10.4 Å². The second-order valence-corrected chi connectivity index (χ2v) is 2.89. The van der Waals surface area contributed by atoms with Crippen molar-refractivity contribution in [1.29, 1.82) is 0 Å². The van der Waals surface area contributed by atoms with E-state index in [1.165, 1.54) is 11.8 Å². The molecule has 0 saturated heterocycles. The first kappa shape index (κ1) is 8.16. The van der Waals surface area contributed by atoms with Crippen LogP contribution in [-0.4, -0.2) is 25.7 Å². The van der Waals surface area contributed by atoms with Crippen LogP contribution in [0.15, 0.2) is 0 Å². The smallest absolute Gasteiger partial charge is 0.190 e. The van der Waals surface area contributed by atoms with Gasteiger partial charge >= 0.3 is 0 Å². The highest BCUT2D eigenvalue weighted by Gasteiger charge is 1.98. The van der Waals surface area contributed by atoms with Crippen LogP contribution in [0.1, 0.15) is 6.92 Å². The molecule has 0 bridgehead atoms. The Morgan fingerprint density at radius 2 is 2.25 bits per heavy atom. The average molecular weight is 153 g/mol. The Balaban J connectivity index is 3.33. The second-order valence-electron chi connectivity index (χ2n) is 0.988. The Bertz CT molecular complexity index is 85.4. The predicted molar refractivity (Wildman–Crippen MR) is 36.1 cm³/mol. The molecule has 0 radical (unpaired) electrons. The van der Waals surface area contributed by atoms with Gasteiger partial charge in [-0.15, -0.1) is 5.23 Å². The monoisotopic (exact) mass is 153 g/mol. The molecular formula is C3H7NO2S2. The Hall–Kier alpha value is 0.160. The highest BCUT2D eigenvalue weighted by Crippen LogP contribution is 2.03. The first-order valence-electron chi connectivity index (χ1n) is 2.03. The minimum absolute atomic E-state index is 0.0521. The second kappa shape index (κ2) is 4.08. The van der Waals surface area contributed by atoms with Crippen molar-refractivity contribution in [3.05, 3.63) is 0 Å². The van der Waals surface area contributed by atoms with Crippen LogP contribution in [0.4, 0.5) is 0 Å². The van der Waals surface area contributed by atoms with Gasteiger partial charge in [-0.3, -0.25) is 10.4 Å². The molecule has 0 aromatic carbocycles. The summed E-state index contributed by atoms with van der Waals surface area (Å²) in [5.74, 6) is 0.746. The molecule has 0 aliphatic carbocycles. The maximum Gasteiger partial charge on any atom is 0.190 e. The number of rotatable bonds is 1. The molecule has 48 valence electrons. The number of hydrogen-bond donors (Lipinski definition) is 2. The molecule has 0 heterocycles. The van der Waals surface area contributed by atoms with Gasteiger partial charge in [0.15, 0.2) is 4.32 Å². The first-order chi connectivity index (χ1) is 3.68. The van der Waals surface area contributed by atoms with Gasteiger partial charge in [0.2, 0.25) is 0 Å². The van der Waals surface area contributed by atoms with Gasteiger partial charge in [-0.1, -0.05) is 18.7 Å². The van der Waals surface area contributed by atoms with Gasteiger partial charge in [-0.05, 0) is 18.0 Å². The molecule has 0 aliphatic rings. The largest absolute Gasteiger partial charge is 0.263 e. The summed E-state index contributed by atoms with van der Waals surface area (Å²) in [6, 6.07) is 0. The van der Waals surface area contributed by atoms with E-state index in [1.807, 2.05) is 6.92 Å². The topological polar surface area (TPSA) is 43.7 Å². The molecule has 0 fully saturated rings. The average Bonchev–Trinajstić information content (AvgIpc) is 1.67. The molecule has 0 aromatic rings. The van der Waals surface area contributed by atoms with E-state index in [1.54, 1.807) is 0 Å². The zero-order valence-electron chi connectivity index (χ0n) is 4.37. The van der Waals surface area contributed by atoms with Crippen LogP contribution >= 0.6 is 24.0 Å². The van der Waals surface area contributed by atoms with E-state index < -0.39 is 0 Å². The Morgan fingerprint density at radius 1 is 1.75 bits per heavy atom. The molecule has 0 rings (SSSR count). The fraction of sp³-hybridized carbons (Fsp3) is 0.667. The third kappa shape index (κ3) is 3.20. The third-order valence-corrected chi connectivity index (χ3v) is 1.65. The normalized spacial score (nSPS) is 8.88. The summed E-state index contributed by atoms with van der Waals surface area (Å²) in [5.41, 5.74) is 0. The lowest BCUT2D eigenvalue weighted by Crippen LogP contribution is -2.17. The first-order valence-corrected chi connectivity index (χ1v) is 3.42. The van der Waals surface area contributed by atoms with Crippen LogP contribution in [0.3, 0.4) is 0 Å². The molecule has 0 spiro atoms. The van der Waals surface area contributed by atoms with E-state index in [-0.39, 0.29) is 9.55 Å². The minimum atomic E-state index is -0.0521. The lowest BCUT2D eigenvalue weighted by molar-refractivity contribution is -0.239. The lowest BCUT2D eigenvalue weighted by Gasteiger charge is -2.05. The summed E-state index contributed by atoms with van der Waals surface area (Å²) in [4.78, 5) is 0. The summed E-state index contributed by atoms with van der Waals surface area (Å²) in [6.07, 6.45) is 0. The van der Waals surface area contributed by atoms with Crippen molar-refractivity contribution >= 4 is 28.3 Å². The van der Waals surface area contributed by atoms with Crippen molar-refractivity contribution in [3.8, 4) is 0 Å². The van der Waals surface area contributed by atoms with E-state index >= 15 is 0 Å². The molecule has 8 heavy (non-hydrogen) atoms. The molecule has 3 nitrogen and oxygen atoms in total. The maximum absolute atomic E-state index is 8.18. The van der Waals surface area contributed by atoms with E-state index in [2.05, 4.69) is 12.2 Å². The van der Waals surface area contributed by atoms with E-state index in [0.29, 0.717) is 0 Å². The van der Waals surface area contributed by atoms with Crippen LogP contribution < -0.4 is 0 Å². The van der Waals surface area contributed by atoms with Crippen molar-refractivity contribution in [2.45, 2.75) is 6.92 Å². The van der Waals surface area contributed by atoms with Gasteiger partial charge in [0.25, 0.3) is 0 Å². The van der Waals surface area contributed by atoms with Crippen molar-refractivity contribution in [2.75, 3.05) is 5.75 Å². The van der Waals surface area contributed by atoms with Crippen LogP contribution in [0.25, 0.3) is 0 Å². The zero-order valence-corrected chi connectivity index (χ0v) is 6.00. The molecule has 0 unspecified atom stereocenters. The molecule has 0 aliphatic heterocycles. The zero-order chi connectivity index (χ0) is 6.57. The summed E-state index contributed by atoms with van der Waals surface area (Å²) < 4.78 is 0.0764. The van der Waals surface area contributed by atoms with Gasteiger partial charge < -0.3 is 0 Å². The number of nitrogens with zero attached hydrogens (tertiary/aromatic N) is 1. The summed E-state index contributed by atoms with van der Waals surface area (Å²) in [5, 5.41) is 16.3. The van der Waals surface area contributed by atoms with Crippen molar-refractivity contribution in [3.63, 3.8) is 0 Å². The van der Waals surface area contributed by atoms with Crippen molar-refractivity contribution in [1.82, 2.24) is 5.23 Å². The number of thiocarbonyl (C=S) groups is 1. The SMILES string of the molecule is CCSC(=S)N(O)O. The highest BCUT2D eigenvalue weighted by molar-refractivity contribution is 8.22. The van der Waals surface area contributed by atoms with Gasteiger partial charge in [0.05, 0.1) is 0 Å². The summed E-state index contributed by atoms with van der Waals surface area (Å²) >= 11 is 5.66. The number of hydrogen-bond acceptors (Lipinski definition) is 4.